The highest BCUT2D eigenvalue weighted by atomic mass is 15.2. The Bertz CT molecular complexity index is 5650. The first kappa shape index (κ1) is 74.6. The average Bonchev–Trinajstić information content (AvgIpc) is 1.83. The number of unbranched alkanes of at least 4 members (excludes halogenated alkanes) is 10. The fourth-order valence-corrected chi connectivity index (χ4v) is 20.3. The van der Waals surface area contributed by atoms with Crippen LogP contribution in [0.4, 0.5) is 34.1 Å². The van der Waals surface area contributed by atoms with Crippen LogP contribution in [-0.2, 0) is 16.2 Å². The minimum absolute atomic E-state index is 0.224. The van der Waals surface area contributed by atoms with Crippen LogP contribution in [0.1, 0.15) is 195 Å². The fourth-order valence-electron chi connectivity index (χ4n) is 20.3. The molecule has 13 aromatic rings. The van der Waals surface area contributed by atoms with Gasteiger partial charge in [0.25, 0.3) is 0 Å². The SMILES string of the molecule is C=Cc1ccc(C2(c3ccc(C=C)cc3)C3=C(c4c(N(c5ccc6c(c5)C(CCCCCCCC)(CCCCCCCC)c5cc(N(c7ccccc7-c7ccccc7)c7cccc8c7-c7ccccc7C8(c7ccc(C=C)cc7)c7ccc(C=C)cc7)ccc5-6)c5ccccc5-c5ccccc5)cccc42)C(C)CC=C3)cc1. The number of allylic oxidation sites excluding steroid dienone is 4. The van der Waals surface area contributed by atoms with E-state index in [1.165, 1.54) is 181 Å². The smallest absolute Gasteiger partial charge is 0.0714 e. The Morgan fingerprint density at radius 2 is 0.693 bits per heavy atom. The van der Waals surface area contributed by atoms with E-state index in [0.717, 1.165) is 82.8 Å². The Morgan fingerprint density at radius 1 is 0.325 bits per heavy atom. The Kier molecular flexibility index (Phi) is 21.3. The van der Waals surface area contributed by atoms with E-state index in [2.05, 4.69) is 372 Å². The van der Waals surface area contributed by atoms with Gasteiger partial charge < -0.3 is 9.80 Å². The summed E-state index contributed by atoms with van der Waals surface area (Å²) in [6.07, 6.45) is 30.3. The maximum atomic E-state index is 4.23. The molecule has 562 valence electrons. The molecule has 17 rings (SSSR count). The lowest BCUT2D eigenvalue weighted by Gasteiger charge is -2.37. The Labute approximate surface area is 678 Å². The molecule has 0 bridgehead atoms. The van der Waals surface area contributed by atoms with Crippen molar-refractivity contribution >= 4 is 64.0 Å². The molecule has 2 nitrogen and oxygen atoms in total. The molecule has 0 amide bonds. The van der Waals surface area contributed by atoms with Gasteiger partial charge in [-0.15, -0.1) is 0 Å². The van der Waals surface area contributed by atoms with Gasteiger partial charge >= 0.3 is 0 Å². The van der Waals surface area contributed by atoms with Crippen molar-refractivity contribution in [3.05, 3.63) is 425 Å². The monoisotopic (exact) mass is 1480 g/mol. The molecule has 0 aromatic heterocycles. The maximum absolute atomic E-state index is 4.23. The molecule has 4 aliphatic carbocycles. The molecule has 0 aliphatic heterocycles. The summed E-state index contributed by atoms with van der Waals surface area (Å²) in [7, 11) is 0. The van der Waals surface area contributed by atoms with Crippen LogP contribution >= 0.6 is 0 Å². The van der Waals surface area contributed by atoms with Crippen LogP contribution in [0, 0.1) is 5.92 Å². The second-order valence-corrected chi connectivity index (χ2v) is 32.1. The largest absolute Gasteiger partial charge is 0.309 e. The van der Waals surface area contributed by atoms with E-state index in [0.29, 0.717) is 0 Å². The fraction of sp³-hybridized carbons (Fsp3) is 0.196. The van der Waals surface area contributed by atoms with Gasteiger partial charge in [-0.05, 0) is 185 Å². The van der Waals surface area contributed by atoms with Gasteiger partial charge in [0, 0.05) is 39.0 Å². The van der Waals surface area contributed by atoms with Crippen LogP contribution < -0.4 is 9.80 Å². The molecule has 0 saturated heterocycles. The number of rotatable bonds is 30. The highest BCUT2D eigenvalue weighted by Crippen LogP contribution is 2.65. The summed E-state index contributed by atoms with van der Waals surface area (Å²) >= 11 is 0. The summed E-state index contributed by atoms with van der Waals surface area (Å²) in [5, 5.41) is 0. The van der Waals surface area contributed by atoms with Crippen LogP contribution in [0.2, 0.25) is 0 Å². The molecule has 0 saturated carbocycles. The number of anilines is 6. The highest BCUT2D eigenvalue weighted by Gasteiger charge is 2.52. The lowest BCUT2D eigenvalue weighted by atomic mass is 9.66. The Balaban J connectivity index is 0.923. The third kappa shape index (κ3) is 12.9. The van der Waals surface area contributed by atoms with Gasteiger partial charge in [-0.1, -0.05) is 415 Å². The summed E-state index contributed by atoms with van der Waals surface area (Å²) in [6.45, 7) is 24.0. The maximum Gasteiger partial charge on any atom is 0.0714 e. The van der Waals surface area contributed by atoms with E-state index in [1.807, 2.05) is 24.3 Å². The van der Waals surface area contributed by atoms with Crippen molar-refractivity contribution in [2.45, 2.75) is 133 Å². The van der Waals surface area contributed by atoms with Crippen LogP contribution in [0.5, 0.6) is 0 Å². The second kappa shape index (κ2) is 32.5. The van der Waals surface area contributed by atoms with Crippen molar-refractivity contribution in [2.75, 3.05) is 9.80 Å². The summed E-state index contributed by atoms with van der Waals surface area (Å²) in [4.78, 5) is 5.36. The third-order valence-corrected chi connectivity index (χ3v) is 25.7. The van der Waals surface area contributed by atoms with Crippen LogP contribution in [0.3, 0.4) is 0 Å². The zero-order valence-corrected chi connectivity index (χ0v) is 66.7. The summed E-state index contributed by atoms with van der Waals surface area (Å²) < 4.78 is 0. The van der Waals surface area contributed by atoms with Crippen molar-refractivity contribution in [1.82, 2.24) is 0 Å². The molecule has 0 spiro atoms. The van der Waals surface area contributed by atoms with Gasteiger partial charge in [0.2, 0.25) is 0 Å². The van der Waals surface area contributed by atoms with Gasteiger partial charge in [-0.3, -0.25) is 0 Å². The Hall–Kier alpha value is -12.1. The normalized spacial score (nSPS) is 14.7. The van der Waals surface area contributed by atoms with E-state index in [-0.39, 0.29) is 11.3 Å². The van der Waals surface area contributed by atoms with Crippen LogP contribution in [0.15, 0.2) is 347 Å². The van der Waals surface area contributed by atoms with Gasteiger partial charge in [-0.25, -0.2) is 0 Å². The van der Waals surface area contributed by atoms with Crippen LogP contribution in [-0.4, -0.2) is 0 Å². The molecule has 0 radical (unpaired) electrons. The number of hydrogen-bond donors (Lipinski definition) is 0. The lowest BCUT2D eigenvalue weighted by molar-refractivity contribution is 0.398. The second-order valence-electron chi connectivity index (χ2n) is 32.1. The first-order valence-electron chi connectivity index (χ1n) is 42.1. The molecule has 114 heavy (non-hydrogen) atoms. The summed E-state index contributed by atoms with van der Waals surface area (Å²) in [6, 6.07) is 117. The van der Waals surface area contributed by atoms with Crippen molar-refractivity contribution in [3.8, 4) is 44.5 Å². The molecule has 2 heteroatoms. The van der Waals surface area contributed by atoms with Gasteiger partial charge in [0.15, 0.2) is 0 Å². The average molecular weight is 1480 g/mol. The van der Waals surface area contributed by atoms with Crippen molar-refractivity contribution in [2.24, 2.45) is 5.92 Å². The highest BCUT2D eigenvalue weighted by molar-refractivity contribution is 6.03. The quantitative estimate of drug-likeness (QED) is 0.0414. The molecule has 13 aromatic carbocycles. The lowest BCUT2D eigenvalue weighted by Crippen LogP contribution is -2.30. The number of hydrogen-bond acceptors (Lipinski definition) is 2. The third-order valence-electron chi connectivity index (χ3n) is 25.7. The minimum Gasteiger partial charge on any atom is -0.309 e. The molecule has 4 aliphatic rings. The molecule has 1 unspecified atom stereocenters. The molecule has 0 heterocycles. The molecular weight excluding hydrogens is 1370 g/mol. The number of fused-ring (bicyclic) bond motifs is 8. The number of benzene rings is 13. The van der Waals surface area contributed by atoms with E-state index < -0.39 is 10.8 Å². The van der Waals surface area contributed by atoms with E-state index in [9.17, 15) is 0 Å². The molecule has 0 fully saturated rings. The molecule has 1 atom stereocenters. The summed E-state index contributed by atoms with van der Waals surface area (Å²) in [5.74, 6) is 0.224. The predicted molar refractivity (Wildman–Crippen MR) is 489 cm³/mol. The first-order valence-corrected chi connectivity index (χ1v) is 42.1. The van der Waals surface area contributed by atoms with Crippen molar-refractivity contribution in [3.63, 3.8) is 0 Å². The van der Waals surface area contributed by atoms with Gasteiger partial charge in [0.1, 0.15) is 0 Å². The number of nitrogens with zero attached hydrogens (tertiary/aromatic N) is 2. The predicted octanol–water partition coefficient (Wildman–Crippen LogP) is 31.4. The van der Waals surface area contributed by atoms with Crippen molar-refractivity contribution in [1.29, 1.82) is 0 Å². The van der Waals surface area contributed by atoms with Crippen LogP contribution in [0.25, 0.3) is 74.4 Å². The number of para-hydroxylation sites is 2. The zero-order chi connectivity index (χ0) is 77.8. The molecular formula is C112H104N2. The van der Waals surface area contributed by atoms with E-state index >= 15 is 0 Å². The topological polar surface area (TPSA) is 6.48 Å². The van der Waals surface area contributed by atoms with Crippen molar-refractivity contribution < 1.29 is 0 Å². The minimum atomic E-state index is -0.675. The van der Waals surface area contributed by atoms with E-state index in [1.54, 1.807) is 0 Å². The standard InChI is InChI=1S/C112H104N2/c1-8-14-16-18-20-34-75-110(76-35-21-19-17-15-9-2)101-77-90(113(103-51-32-29-44-92(103)84-40-24-22-25-41-84)105-53-37-49-99-108(105)96-46-28-31-47-97(96)111(99,86-63-55-80(10-3)56-64-86)87-65-57-81(11-4)58-66-87)71-73-94(101)95-74-72-91(78-102(95)110)114(104-52-33-30-45-93(104)85-42-26-23-27-43-85)106-54-38-50-100-109(106)107-79(7)39-36-48-98(107)112(100,88-67-59-82(12-5)60-68-88)89-69-61-83(13-6)62-70-89/h10-13,22-33,36-38,40-74,77-79H,3-6,8-9,14-21,34-35,39,75-76H2,1-2,7H3. The molecule has 0 N–H and O–H groups in total. The van der Waals surface area contributed by atoms with Gasteiger partial charge in [-0.2, -0.15) is 0 Å². The Morgan fingerprint density at radius 3 is 1.14 bits per heavy atom. The first-order chi connectivity index (χ1) is 56.2. The van der Waals surface area contributed by atoms with E-state index in [4.69, 9.17) is 0 Å². The zero-order valence-electron chi connectivity index (χ0n) is 66.7. The van der Waals surface area contributed by atoms with Gasteiger partial charge in [0.05, 0.1) is 33.6 Å². The summed E-state index contributed by atoms with van der Waals surface area (Å²) in [5.41, 5.74) is 35.1.